The molecule has 3 rings (SSSR count). The zero-order chi connectivity index (χ0) is 19.8. The molecule has 11 heteroatoms. The van der Waals surface area contributed by atoms with Crippen molar-refractivity contribution in [2.45, 2.75) is 6.92 Å². The predicted molar refractivity (Wildman–Crippen MR) is 104 cm³/mol. The Labute approximate surface area is 163 Å². The first-order valence-corrected chi connectivity index (χ1v) is 10.6. The van der Waals surface area contributed by atoms with Crippen LogP contribution in [0, 0.1) is 12.7 Å². The van der Waals surface area contributed by atoms with Crippen LogP contribution in [0.4, 0.5) is 15.8 Å². The zero-order valence-corrected chi connectivity index (χ0v) is 16.5. The summed E-state index contributed by atoms with van der Waals surface area (Å²) >= 11 is 7.21. The Bertz CT molecular complexity index is 1120. The minimum atomic E-state index is -3.48. The lowest BCUT2D eigenvalue weighted by atomic mass is 10.2. The van der Waals surface area contributed by atoms with Gasteiger partial charge in [-0.1, -0.05) is 11.6 Å². The van der Waals surface area contributed by atoms with Crippen LogP contribution < -0.4 is 10.0 Å². The first-order valence-electron chi connectivity index (χ1n) is 7.51. The van der Waals surface area contributed by atoms with Crippen molar-refractivity contribution >= 4 is 50.2 Å². The van der Waals surface area contributed by atoms with Gasteiger partial charge in [-0.25, -0.2) is 17.5 Å². The van der Waals surface area contributed by atoms with E-state index in [0.29, 0.717) is 16.3 Å². The van der Waals surface area contributed by atoms with Crippen LogP contribution in [0.2, 0.25) is 5.02 Å². The van der Waals surface area contributed by atoms with Crippen molar-refractivity contribution in [3.05, 3.63) is 57.3 Å². The highest BCUT2D eigenvalue weighted by Crippen LogP contribution is 2.27. The van der Waals surface area contributed by atoms with Crippen molar-refractivity contribution in [3.8, 4) is 5.69 Å². The van der Waals surface area contributed by atoms with Crippen molar-refractivity contribution in [3.63, 3.8) is 0 Å². The zero-order valence-electron chi connectivity index (χ0n) is 14.2. The van der Waals surface area contributed by atoms with Gasteiger partial charge in [0, 0.05) is 15.6 Å². The molecule has 0 fully saturated rings. The molecule has 142 valence electrons. The summed E-state index contributed by atoms with van der Waals surface area (Å²) in [4.78, 5) is 13.7. The number of aryl methyl sites for hydroxylation is 1. The average Bonchev–Trinajstić information content (AvgIpc) is 3.10. The summed E-state index contributed by atoms with van der Waals surface area (Å²) in [5.41, 5.74) is 1.16. The van der Waals surface area contributed by atoms with E-state index < -0.39 is 21.7 Å². The Morgan fingerprint density at radius 3 is 2.59 bits per heavy atom. The monoisotopic (exact) mass is 428 g/mol. The number of hydrogen-bond acceptors (Lipinski definition) is 5. The van der Waals surface area contributed by atoms with E-state index in [-0.39, 0.29) is 10.7 Å². The third kappa shape index (κ3) is 4.85. The number of nitrogens with zero attached hydrogens (tertiary/aromatic N) is 2. The molecule has 27 heavy (non-hydrogen) atoms. The Balaban J connectivity index is 1.84. The van der Waals surface area contributed by atoms with E-state index >= 15 is 0 Å². The number of thiophene rings is 1. The molecule has 0 bridgehead atoms. The largest absolute Gasteiger partial charge is 0.321 e. The molecule has 7 nitrogen and oxygen atoms in total. The maximum absolute atomic E-state index is 13.2. The van der Waals surface area contributed by atoms with Gasteiger partial charge in [-0.15, -0.1) is 11.3 Å². The number of carbonyl (C=O) groups is 1. The Morgan fingerprint density at radius 1 is 1.26 bits per heavy atom. The summed E-state index contributed by atoms with van der Waals surface area (Å²) in [7, 11) is -3.48. The van der Waals surface area contributed by atoms with E-state index in [1.807, 2.05) is 0 Å². The molecule has 0 saturated carbocycles. The van der Waals surface area contributed by atoms with Crippen LogP contribution >= 0.6 is 22.9 Å². The van der Waals surface area contributed by atoms with E-state index in [1.165, 1.54) is 40.4 Å². The number of amides is 1. The molecule has 0 aliphatic heterocycles. The molecule has 0 spiro atoms. The third-order valence-electron chi connectivity index (χ3n) is 3.37. The lowest BCUT2D eigenvalue weighted by Gasteiger charge is -2.09. The fourth-order valence-corrected chi connectivity index (χ4v) is 4.05. The first kappa shape index (κ1) is 19.3. The van der Waals surface area contributed by atoms with Crippen LogP contribution in [0.1, 0.15) is 14.5 Å². The molecule has 0 atom stereocenters. The van der Waals surface area contributed by atoms with Crippen molar-refractivity contribution < 1.29 is 17.6 Å². The van der Waals surface area contributed by atoms with E-state index in [1.54, 1.807) is 13.0 Å². The maximum atomic E-state index is 13.2. The highest BCUT2D eigenvalue weighted by molar-refractivity contribution is 7.92. The maximum Gasteiger partial charge on any atom is 0.265 e. The van der Waals surface area contributed by atoms with E-state index in [2.05, 4.69) is 15.1 Å². The van der Waals surface area contributed by atoms with Crippen molar-refractivity contribution in [1.29, 1.82) is 0 Å². The summed E-state index contributed by atoms with van der Waals surface area (Å²) in [6, 6.07) is 5.98. The SMILES string of the molecule is Cc1sc(C(=O)Nc2cc(Cl)cc(NS(C)(=O)=O)c2)cc1-n1cc(F)cn1. The van der Waals surface area contributed by atoms with Gasteiger partial charge in [0.05, 0.1) is 34.9 Å². The second-order valence-electron chi connectivity index (χ2n) is 5.71. The number of aromatic nitrogens is 2. The van der Waals surface area contributed by atoms with Gasteiger partial charge in [-0.05, 0) is 31.2 Å². The Kier molecular flexibility index (Phi) is 5.22. The molecule has 2 N–H and O–H groups in total. The van der Waals surface area contributed by atoms with Gasteiger partial charge in [0.2, 0.25) is 10.0 Å². The topological polar surface area (TPSA) is 93.1 Å². The van der Waals surface area contributed by atoms with Crippen LogP contribution in [-0.2, 0) is 10.0 Å². The van der Waals surface area contributed by atoms with Gasteiger partial charge in [0.15, 0.2) is 5.82 Å². The Hall–Kier alpha value is -2.43. The van der Waals surface area contributed by atoms with Crippen LogP contribution in [0.15, 0.2) is 36.7 Å². The average molecular weight is 429 g/mol. The lowest BCUT2D eigenvalue weighted by molar-refractivity contribution is 0.103. The molecule has 0 unspecified atom stereocenters. The second kappa shape index (κ2) is 7.29. The summed E-state index contributed by atoms with van der Waals surface area (Å²) < 4.78 is 39.6. The normalized spacial score (nSPS) is 11.4. The highest BCUT2D eigenvalue weighted by atomic mass is 35.5. The molecule has 2 aromatic heterocycles. The fourth-order valence-electron chi connectivity index (χ4n) is 2.37. The van der Waals surface area contributed by atoms with Gasteiger partial charge in [-0.3, -0.25) is 9.52 Å². The van der Waals surface area contributed by atoms with Crippen LogP contribution in [-0.4, -0.2) is 30.4 Å². The predicted octanol–water partition coefficient (Wildman–Crippen LogP) is 3.66. The molecule has 1 aromatic carbocycles. The lowest BCUT2D eigenvalue weighted by Crippen LogP contribution is -2.12. The number of rotatable bonds is 5. The van der Waals surface area contributed by atoms with Gasteiger partial charge < -0.3 is 5.32 Å². The summed E-state index contributed by atoms with van der Waals surface area (Å²) in [5, 5.41) is 6.82. The van der Waals surface area contributed by atoms with Crippen LogP contribution in [0.3, 0.4) is 0 Å². The molecule has 3 aromatic rings. The second-order valence-corrected chi connectivity index (χ2v) is 9.15. The number of benzene rings is 1. The summed E-state index contributed by atoms with van der Waals surface area (Å²) in [6.45, 7) is 1.80. The number of nitrogens with one attached hydrogen (secondary N) is 2. The molecular weight excluding hydrogens is 415 g/mol. The third-order valence-corrected chi connectivity index (χ3v) is 5.24. The van der Waals surface area contributed by atoms with Gasteiger partial charge in [0.25, 0.3) is 5.91 Å². The van der Waals surface area contributed by atoms with Gasteiger partial charge >= 0.3 is 0 Å². The molecular formula is C16H14ClFN4O3S2. The molecule has 0 aliphatic carbocycles. The number of sulfonamides is 1. The number of carbonyl (C=O) groups excluding carboxylic acids is 1. The van der Waals surface area contributed by atoms with Crippen molar-refractivity contribution in [2.75, 3.05) is 16.3 Å². The summed E-state index contributed by atoms with van der Waals surface area (Å²) in [6.07, 6.45) is 3.32. The van der Waals surface area contributed by atoms with E-state index in [9.17, 15) is 17.6 Å². The number of halogens is 2. The quantitative estimate of drug-likeness (QED) is 0.648. The molecule has 1 amide bonds. The van der Waals surface area contributed by atoms with Crippen LogP contribution in [0.5, 0.6) is 0 Å². The molecule has 0 aliphatic rings. The molecule has 0 saturated heterocycles. The van der Waals surface area contributed by atoms with E-state index in [4.69, 9.17) is 11.6 Å². The standard InChI is InChI=1S/C16H14ClFN4O3S2/c1-9-14(22-8-11(18)7-19-22)6-15(26-9)16(23)20-12-3-10(17)4-13(5-12)21-27(2,24)25/h3-8,21H,1-2H3,(H,20,23). The summed E-state index contributed by atoms with van der Waals surface area (Å²) in [5.74, 6) is -0.883. The fraction of sp³-hybridized carbons (Fsp3) is 0.125. The first-order chi connectivity index (χ1) is 12.6. The number of hydrogen-bond donors (Lipinski definition) is 2. The van der Waals surface area contributed by atoms with E-state index in [0.717, 1.165) is 17.3 Å². The van der Waals surface area contributed by atoms with Crippen molar-refractivity contribution in [2.24, 2.45) is 0 Å². The number of anilines is 2. The molecule has 2 heterocycles. The van der Waals surface area contributed by atoms with Crippen LogP contribution in [0.25, 0.3) is 5.69 Å². The Morgan fingerprint density at radius 2 is 1.96 bits per heavy atom. The molecule has 0 radical (unpaired) electrons. The van der Waals surface area contributed by atoms with Gasteiger partial charge in [-0.2, -0.15) is 5.10 Å². The smallest absolute Gasteiger partial charge is 0.265 e. The minimum absolute atomic E-state index is 0.232. The van der Waals surface area contributed by atoms with Gasteiger partial charge in [0.1, 0.15) is 0 Å². The highest BCUT2D eigenvalue weighted by Gasteiger charge is 2.15. The van der Waals surface area contributed by atoms with Crippen molar-refractivity contribution in [1.82, 2.24) is 9.78 Å². The minimum Gasteiger partial charge on any atom is -0.321 e.